The van der Waals surface area contributed by atoms with Gasteiger partial charge in [0, 0.05) is 5.39 Å². The average Bonchev–Trinajstić information content (AvgIpc) is 2.58. The molecule has 0 radical (unpaired) electrons. The van der Waals surface area contributed by atoms with Crippen molar-refractivity contribution in [3.63, 3.8) is 0 Å². The largest absolute Gasteiger partial charge is 0.463 e. The fourth-order valence-corrected chi connectivity index (χ4v) is 1.87. The quantitative estimate of drug-likeness (QED) is 0.810. The van der Waals surface area contributed by atoms with E-state index < -0.39 is 6.09 Å². The molecule has 2 rings (SSSR count). The molecule has 1 N–H and O–H groups in total. The van der Waals surface area contributed by atoms with Crippen LogP contribution < -0.4 is 0 Å². The molecule has 15 heavy (non-hydrogen) atoms. The van der Waals surface area contributed by atoms with E-state index in [2.05, 4.69) is 5.10 Å². The van der Waals surface area contributed by atoms with E-state index >= 15 is 0 Å². The van der Waals surface area contributed by atoms with Crippen molar-refractivity contribution in [2.75, 3.05) is 0 Å². The summed E-state index contributed by atoms with van der Waals surface area (Å²) in [5, 5.41) is 14.2. The molecule has 0 spiro atoms. The van der Waals surface area contributed by atoms with Gasteiger partial charge in [0.2, 0.25) is 0 Å². The first kappa shape index (κ1) is 9.98. The normalized spacial score (nSPS) is 10.8. The zero-order valence-corrected chi connectivity index (χ0v) is 8.82. The SMILES string of the molecule is CCc1nn(C(=O)O)c2cccc(Cl)c12. The fraction of sp³-hybridized carbons (Fsp3) is 0.200. The van der Waals surface area contributed by atoms with Gasteiger partial charge in [0.05, 0.1) is 16.2 Å². The topological polar surface area (TPSA) is 55.1 Å². The molecule has 0 fully saturated rings. The Morgan fingerprint density at radius 2 is 2.33 bits per heavy atom. The van der Waals surface area contributed by atoms with Crippen LogP contribution in [0.15, 0.2) is 18.2 Å². The molecule has 78 valence electrons. The number of carbonyl (C=O) groups is 1. The summed E-state index contributed by atoms with van der Waals surface area (Å²) in [5.74, 6) is 0. The highest BCUT2D eigenvalue weighted by atomic mass is 35.5. The summed E-state index contributed by atoms with van der Waals surface area (Å²) in [5.41, 5.74) is 1.24. The standard InChI is InChI=1S/C10H9ClN2O2/c1-2-7-9-6(11)4-3-5-8(9)13(12-7)10(14)15/h3-5H,2H2,1H3,(H,14,15). The van der Waals surface area contributed by atoms with Gasteiger partial charge in [0.15, 0.2) is 0 Å². The van der Waals surface area contributed by atoms with Crippen LogP contribution >= 0.6 is 11.6 Å². The van der Waals surface area contributed by atoms with Gasteiger partial charge in [-0.05, 0) is 18.6 Å². The number of aromatic nitrogens is 2. The lowest BCUT2D eigenvalue weighted by molar-refractivity contribution is 0.194. The predicted octanol–water partition coefficient (Wildman–Crippen LogP) is 2.78. The lowest BCUT2D eigenvalue weighted by Crippen LogP contribution is -2.09. The van der Waals surface area contributed by atoms with Crippen LogP contribution in [0, 0.1) is 0 Å². The highest BCUT2D eigenvalue weighted by Crippen LogP contribution is 2.26. The van der Waals surface area contributed by atoms with Crippen molar-refractivity contribution in [1.29, 1.82) is 0 Å². The molecule has 1 aromatic carbocycles. The molecule has 5 heteroatoms. The third-order valence-corrected chi connectivity index (χ3v) is 2.56. The third kappa shape index (κ3) is 1.47. The number of hydrogen-bond acceptors (Lipinski definition) is 2. The van der Waals surface area contributed by atoms with E-state index in [9.17, 15) is 4.79 Å². The van der Waals surface area contributed by atoms with Crippen LogP contribution in [0.3, 0.4) is 0 Å². The second-order valence-corrected chi connectivity index (χ2v) is 3.54. The van der Waals surface area contributed by atoms with Gasteiger partial charge >= 0.3 is 6.09 Å². The van der Waals surface area contributed by atoms with Crippen LogP contribution in [0.25, 0.3) is 10.9 Å². The molecular formula is C10H9ClN2O2. The molecule has 1 aromatic heterocycles. The molecular weight excluding hydrogens is 216 g/mol. The number of nitrogens with zero attached hydrogens (tertiary/aromatic N) is 2. The summed E-state index contributed by atoms with van der Waals surface area (Å²) in [6.07, 6.45) is -0.442. The zero-order valence-electron chi connectivity index (χ0n) is 8.07. The predicted molar refractivity (Wildman–Crippen MR) is 57.5 cm³/mol. The molecule has 1 heterocycles. The van der Waals surface area contributed by atoms with E-state index in [0.29, 0.717) is 22.7 Å². The lowest BCUT2D eigenvalue weighted by atomic mass is 10.2. The van der Waals surface area contributed by atoms with Crippen LogP contribution in [0.2, 0.25) is 5.02 Å². The van der Waals surface area contributed by atoms with Crippen LogP contribution in [0.4, 0.5) is 4.79 Å². The molecule has 2 aromatic rings. The van der Waals surface area contributed by atoms with E-state index in [1.54, 1.807) is 18.2 Å². The van der Waals surface area contributed by atoms with Crippen molar-refractivity contribution in [3.8, 4) is 0 Å². The minimum absolute atomic E-state index is 0.534. The Balaban J connectivity index is 2.87. The average molecular weight is 225 g/mol. The maximum absolute atomic E-state index is 10.9. The number of fused-ring (bicyclic) bond motifs is 1. The Morgan fingerprint density at radius 3 is 2.93 bits per heavy atom. The summed E-state index contributed by atoms with van der Waals surface area (Å²) in [6, 6.07) is 5.14. The van der Waals surface area contributed by atoms with Gasteiger partial charge < -0.3 is 5.11 Å². The van der Waals surface area contributed by atoms with E-state index in [1.165, 1.54) is 0 Å². The first-order valence-corrected chi connectivity index (χ1v) is 4.92. The Kier molecular flexibility index (Phi) is 2.36. The summed E-state index contributed by atoms with van der Waals surface area (Å²) >= 11 is 6.01. The van der Waals surface area contributed by atoms with Crippen LogP contribution in [-0.2, 0) is 6.42 Å². The Morgan fingerprint density at radius 1 is 1.60 bits per heavy atom. The molecule has 4 nitrogen and oxygen atoms in total. The Hall–Kier alpha value is -1.55. The molecule has 0 aliphatic rings. The number of benzene rings is 1. The summed E-state index contributed by atoms with van der Waals surface area (Å²) < 4.78 is 0.958. The van der Waals surface area contributed by atoms with E-state index in [-0.39, 0.29) is 0 Å². The van der Waals surface area contributed by atoms with Crippen molar-refractivity contribution >= 4 is 28.6 Å². The van der Waals surface area contributed by atoms with Crippen LogP contribution in [0.5, 0.6) is 0 Å². The van der Waals surface area contributed by atoms with Crippen molar-refractivity contribution < 1.29 is 9.90 Å². The minimum atomic E-state index is -1.10. The Bertz CT molecular complexity index is 533. The van der Waals surface area contributed by atoms with Crippen molar-refractivity contribution in [2.24, 2.45) is 0 Å². The van der Waals surface area contributed by atoms with Gasteiger partial charge in [-0.3, -0.25) is 0 Å². The lowest BCUT2D eigenvalue weighted by Gasteiger charge is -1.95. The van der Waals surface area contributed by atoms with Gasteiger partial charge in [0.1, 0.15) is 0 Å². The molecule has 0 aliphatic heterocycles. The molecule has 0 saturated carbocycles. The van der Waals surface area contributed by atoms with Gasteiger partial charge in [0.25, 0.3) is 0 Å². The molecule has 0 amide bonds. The molecule has 0 unspecified atom stereocenters. The number of aryl methyl sites for hydroxylation is 1. The monoisotopic (exact) mass is 224 g/mol. The number of hydrogen-bond donors (Lipinski definition) is 1. The van der Waals surface area contributed by atoms with E-state index in [0.717, 1.165) is 10.1 Å². The van der Waals surface area contributed by atoms with Crippen LogP contribution in [0.1, 0.15) is 12.6 Å². The maximum atomic E-state index is 10.9. The summed E-state index contributed by atoms with van der Waals surface area (Å²) in [6.45, 7) is 1.91. The fourth-order valence-electron chi connectivity index (χ4n) is 1.59. The first-order valence-electron chi connectivity index (χ1n) is 4.54. The maximum Gasteiger partial charge on any atom is 0.432 e. The summed E-state index contributed by atoms with van der Waals surface area (Å²) in [7, 11) is 0. The van der Waals surface area contributed by atoms with Crippen molar-refractivity contribution in [3.05, 3.63) is 28.9 Å². The molecule has 0 bridgehead atoms. The van der Waals surface area contributed by atoms with Gasteiger partial charge in [-0.15, -0.1) is 0 Å². The highest BCUT2D eigenvalue weighted by Gasteiger charge is 2.15. The van der Waals surface area contributed by atoms with Crippen molar-refractivity contribution in [2.45, 2.75) is 13.3 Å². The van der Waals surface area contributed by atoms with Gasteiger partial charge in [-0.2, -0.15) is 9.78 Å². The van der Waals surface area contributed by atoms with Crippen LogP contribution in [-0.4, -0.2) is 21.0 Å². The van der Waals surface area contributed by atoms with Gasteiger partial charge in [-0.1, -0.05) is 24.6 Å². The first-order chi connectivity index (χ1) is 7.15. The summed E-state index contributed by atoms with van der Waals surface area (Å²) in [4.78, 5) is 10.9. The number of halogens is 1. The molecule has 0 saturated heterocycles. The Labute approximate surface area is 91.1 Å². The van der Waals surface area contributed by atoms with E-state index in [1.807, 2.05) is 6.92 Å². The molecule has 0 atom stereocenters. The second kappa shape index (κ2) is 3.55. The van der Waals surface area contributed by atoms with E-state index in [4.69, 9.17) is 16.7 Å². The minimum Gasteiger partial charge on any atom is -0.463 e. The van der Waals surface area contributed by atoms with Gasteiger partial charge in [-0.25, -0.2) is 4.79 Å². The highest BCUT2D eigenvalue weighted by molar-refractivity contribution is 6.35. The molecule has 0 aliphatic carbocycles. The third-order valence-electron chi connectivity index (χ3n) is 2.25. The van der Waals surface area contributed by atoms with Crippen molar-refractivity contribution in [1.82, 2.24) is 9.78 Å². The zero-order chi connectivity index (χ0) is 11.0. The number of rotatable bonds is 1. The smallest absolute Gasteiger partial charge is 0.432 e. The second-order valence-electron chi connectivity index (χ2n) is 3.13. The number of carboxylic acid groups (broad SMARTS) is 1.